The normalized spacial score (nSPS) is 17.5. The first-order valence-electron chi connectivity index (χ1n) is 16.4. The molecule has 3 aromatic heterocycles. The smallest absolute Gasteiger partial charge is 0.337 e. The Morgan fingerprint density at radius 2 is 1.78 bits per heavy atom. The van der Waals surface area contributed by atoms with Gasteiger partial charge < -0.3 is 14.6 Å². The van der Waals surface area contributed by atoms with E-state index in [1.807, 2.05) is 58.0 Å². The minimum atomic E-state index is -1.71. The first-order valence-corrected chi connectivity index (χ1v) is 17.6. The maximum absolute atomic E-state index is 12.7. The molecular formula is C35H35B3ClN5O4S. The van der Waals surface area contributed by atoms with Gasteiger partial charge in [0.05, 0.1) is 75.5 Å². The van der Waals surface area contributed by atoms with Gasteiger partial charge in [0.15, 0.2) is 6.10 Å². The van der Waals surface area contributed by atoms with E-state index in [0.717, 1.165) is 71.7 Å². The zero-order valence-electron chi connectivity index (χ0n) is 27.9. The number of fused-ring (bicyclic) bond motifs is 2. The SMILES string of the molecule is [B]C([B])([B])n1nc(C2CCN(C3COC3)CC2)c2nc(-c3nc4cc(C)c([C@H](OC(C)(C)C)C(=O)O)c(-c5ccc(Cl)cc5)c4s3)ccc21. The third-order valence-electron chi connectivity index (χ3n) is 9.21. The summed E-state index contributed by atoms with van der Waals surface area (Å²) in [5.41, 5.74) is 5.69. The molecule has 1 atom stereocenters. The number of nitrogens with zero attached hydrogens (tertiary/aromatic N) is 5. The van der Waals surface area contributed by atoms with Crippen LogP contribution < -0.4 is 0 Å². The van der Waals surface area contributed by atoms with Crippen molar-refractivity contribution < 1.29 is 19.4 Å². The molecule has 0 aliphatic carbocycles. The summed E-state index contributed by atoms with van der Waals surface area (Å²) in [6.45, 7) is 10.9. The lowest BCUT2D eigenvalue weighted by Crippen LogP contribution is -2.51. The van der Waals surface area contributed by atoms with Gasteiger partial charge in [-0.3, -0.25) is 9.58 Å². The molecule has 2 fully saturated rings. The summed E-state index contributed by atoms with van der Waals surface area (Å²) in [5.74, 6) is -0.921. The highest BCUT2D eigenvalue weighted by Crippen LogP contribution is 2.45. The lowest BCUT2D eigenvalue weighted by Gasteiger charge is -2.41. The highest BCUT2D eigenvalue weighted by molar-refractivity contribution is 7.22. The van der Waals surface area contributed by atoms with Gasteiger partial charge in [-0.05, 0) is 100 Å². The molecule has 7 rings (SSSR count). The number of halogens is 1. The van der Waals surface area contributed by atoms with Gasteiger partial charge in [-0.15, -0.1) is 11.3 Å². The van der Waals surface area contributed by atoms with Crippen LogP contribution in [0.1, 0.15) is 62.5 Å². The summed E-state index contributed by atoms with van der Waals surface area (Å²) in [7, 11) is 18.5. The summed E-state index contributed by atoms with van der Waals surface area (Å²) in [6.07, 6.45) is 0.614. The van der Waals surface area contributed by atoms with Crippen LogP contribution in [0.5, 0.6) is 0 Å². The molecule has 14 heteroatoms. The molecule has 5 heterocycles. The Hall–Kier alpha value is -3.22. The van der Waals surface area contributed by atoms with Crippen LogP contribution in [0.25, 0.3) is 43.1 Å². The van der Waals surface area contributed by atoms with Gasteiger partial charge in [-0.2, -0.15) is 5.10 Å². The first kappa shape index (κ1) is 34.2. The third kappa shape index (κ3) is 6.68. The second-order valence-electron chi connectivity index (χ2n) is 14.1. The van der Waals surface area contributed by atoms with Crippen molar-refractivity contribution in [3.05, 3.63) is 64.3 Å². The lowest BCUT2D eigenvalue weighted by molar-refractivity contribution is -0.160. The molecule has 0 amide bonds. The van der Waals surface area contributed by atoms with Crippen molar-refractivity contribution in [3.63, 3.8) is 0 Å². The van der Waals surface area contributed by atoms with Gasteiger partial charge in [0.2, 0.25) is 0 Å². The molecule has 1 N–H and O–H groups in total. The first-order chi connectivity index (χ1) is 23.2. The average Bonchev–Trinajstić information content (AvgIpc) is 3.60. The lowest BCUT2D eigenvalue weighted by atomic mass is 9.49. The molecular weight excluding hydrogens is 654 g/mol. The largest absolute Gasteiger partial charge is 0.479 e. The van der Waals surface area contributed by atoms with E-state index in [4.69, 9.17) is 59.7 Å². The average molecular weight is 690 g/mol. The van der Waals surface area contributed by atoms with E-state index in [9.17, 15) is 9.90 Å². The zero-order valence-corrected chi connectivity index (χ0v) is 29.5. The standard InChI is InChI=1S/C35H35B3ClN5O4S/c1-18-15-24-31(27(19-5-7-21(39)8-6-19)26(18)30(33(45)46)48-34(2,3)4)49-32(41-24)23-9-10-25-29(40-23)28(42-44(25)35(36,37)38)20-11-13-43(14-12-20)22-16-47-17-22/h5-10,15,20,22,30H,11-14,16-17H2,1-4H3,(H,45,46)/t30-/m0/s1. The number of aliphatic carboxylic acids is 1. The number of carbonyl (C=O) groups is 1. The Morgan fingerprint density at radius 1 is 1.08 bits per heavy atom. The van der Waals surface area contributed by atoms with E-state index in [1.165, 1.54) is 16.0 Å². The Bertz CT molecular complexity index is 2050. The number of carboxylic acids is 1. The number of aryl methyl sites for hydroxylation is 1. The van der Waals surface area contributed by atoms with Crippen molar-refractivity contribution in [3.8, 4) is 21.8 Å². The molecule has 2 aromatic carbocycles. The van der Waals surface area contributed by atoms with E-state index in [1.54, 1.807) is 12.1 Å². The number of pyridine rings is 1. The van der Waals surface area contributed by atoms with Crippen LogP contribution in [0.15, 0.2) is 42.5 Å². The molecule has 2 aliphatic heterocycles. The number of hydrogen-bond donors (Lipinski definition) is 1. The molecule has 5 aromatic rings. The summed E-state index contributed by atoms with van der Waals surface area (Å²) >= 11 is 7.72. The number of aromatic nitrogens is 4. The molecule has 2 aliphatic rings. The van der Waals surface area contributed by atoms with Crippen molar-refractivity contribution in [1.29, 1.82) is 0 Å². The molecule has 9 nitrogen and oxygen atoms in total. The predicted octanol–water partition coefficient (Wildman–Crippen LogP) is 5.93. The van der Waals surface area contributed by atoms with Crippen molar-refractivity contribution in [2.24, 2.45) is 0 Å². The predicted molar refractivity (Wildman–Crippen MR) is 196 cm³/mol. The molecule has 246 valence electrons. The summed E-state index contributed by atoms with van der Waals surface area (Å²) < 4.78 is 13.9. The molecule has 0 unspecified atom stereocenters. The number of rotatable bonds is 8. The topological polar surface area (TPSA) is 103 Å². The van der Waals surface area contributed by atoms with Crippen LogP contribution in [-0.4, -0.2) is 97.2 Å². The number of likely N-dealkylation sites (tertiary alicyclic amines) is 1. The highest BCUT2D eigenvalue weighted by atomic mass is 35.5. The van der Waals surface area contributed by atoms with Crippen LogP contribution >= 0.6 is 22.9 Å². The molecule has 0 spiro atoms. The minimum Gasteiger partial charge on any atom is -0.479 e. The monoisotopic (exact) mass is 689 g/mol. The molecule has 0 bridgehead atoms. The fourth-order valence-electron chi connectivity index (χ4n) is 6.83. The number of ether oxygens (including phenoxy) is 2. The number of benzene rings is 2. The van der Waals surface area contributed by atoms with Crippen LogP contribution in [0, 0.1) is 6.92 Å². The van der Waals surface area contributed by atoms with Crippen molar-refractivity contribution in [2.75, 3.05) is 26.3 Å². The number of hydrogen-bond acceptors (Lipinski definition) is 8. The van der Waals surface area contributed by atoms with Crippen molar-refractivity contribution >= 4 is 73.7 Å². The molecule has 0 saturated carbocycles. The Labute approximate surface area is 298 Å². The van der Waals surface area contributed by atoms with Crippen LogP contribution in [0.2, 0.25) is 5.02 Å². The van der Waals surface area contributed by atoms with Gasteiger partial charge in [-0.1, -0.05) is 23.7 Å². The molecule has 49 heavy (non-hydrogen) atoms. The van der Waals surface area contributed by atoms with E-state index >= 15 is 0 Å². The summed E-state index contributed by atoms with van der Waals surface area (Å²) in [5, 5.41) is 14.8. The zero-order chi connectivity index (χ0) is 34.8. The van der Waals surface area contributed by atoms with Gasteiger partial charge in [0.1, 0.15) is 10.5 Å². The van der Waals surface area contributed by atoms with Gasteiger partial charge in [0.25, 0.3) is 0 Å². The van der Waals surface area contributed by atoms with E-state index < -0.39 is 22.9 Å². The second-order valence-corrected chi connectivity index (χ2v) is 15.5. The fraction of sp³-hybridized carbons (Fsp3) is 0.429. The Morgan fingerprint density at radius 3 is 2.37 bits per heavy atom. The number of thiazole rings is 1. The third-order valence-corrected chi connectivity index (χ3v) is 10.6. The maximum Gasteiger partial charge on any atom is 0.337 e. The van der Waals surface area contributed by atoms with E-state index in [-0.39, 0.29) is 5.92 Å². The summed E-state index contributed by atoms with van der Waals surface area (Å²) in [6, 6.07) is 13.5. The fourth-order valence-corrected chi connectivity index (χ4v) is 8.05. The highest BCUT2D eigenvalue weighted by Gasteiger charge is 2.34. The van der Waals surface area contributed by atoms with Gasteiger partial charge in [0, 0.05) is 22.1 Å². The van der Waals surface area contributed by atoms with Crippen molar-refractivity contribution in [2.45, 2.75) is 69.4 Å². The van der Waals surface area contributed by atoms with Crippen LogP contribution in [-0.2, 0) is 19.5 Å². The quantitative estimate of drug-likeness (QED) is 0.200. The Balaban J connectivity index is 1.36. The van der Waals surface area contributed by atoms with Crippen LogP contribution in [0.3, 0.4) is 0 Å². The van der Waals surface area contributed by atoms with Gasteiger partial charge >= 0.3 is 5.97 Å². The molecule has 6 radical (unpaired) electrons. The molecule has 2 saturated heterocycles. The van der Waals surface area contributed by atoms with Gasteiger partial charge in [-0.25, -0.2) is 14.8 Å². The number of carboxylic acid groups (broad SMARTS) is 1. The van der Waals surface area contributed by atoms with E-state index in [0.29, 0.717) is 38.4 Å². The minimum absolute atomic E-state index is 0.152. The maximum atomic E-state index is 12.7. The number of piperidine rings is 1. The van der Waals surface area contributed by atoms with E-state index in [2.05, 4.69) is 4.90 Å². The van der Waals surface area contributed by atoms with Crippen molar-refractivity contribution in [1.82, 2.24) is 24.6 Å². The Kier molecular flexibility index (Phi) is 8.97. The second kappa shape index (κ2) is 12.8. The van der Waals surface area contributed by atoms with Crippen LogP contribution in [0.4, 0.5) is 0 Å². The summed E-state index contributed by atoms with van der Waals surface area (Å²) in [4.78, 5) is 25.4.